The lowest BCUT2D eigenvalue weighted by molar-refractivity contribution is 0.102. The summed E-state index contributed by atoms with van der Waals surface area (Å²) in [6.45, 7) is 1.66. The van der Waals surface area contributed by atoms with Crippen LogP contribution in [0.25, 0.3) is 0 Å². The minimum Gasteiger partial charge on any atom is -0.319 e. The van der Waals surface area contributed by atoms with Gasteiger partial charge in [-0.25, -0.2) is 4.68 Å². The van der Waals surface area contributed by atoms with Gasteiger partial charge in [-0.2, -0.15) is 0 Å². The Morgan fingerprint density at radius 1 is 1.38 bits per heavy atom. The smallest absolute Gasteiger partial charge is 0.277 e. The number of halogens is 3. The normalized spacial score (nSPS) is 14.8. The number of carbonyl (C=O) groups excluding carboxylic acids is 1. The van der Waals surface area contributed by atoms with Crippen molar-refractivity contribution in [3.8, 4) is 0 Å². The molecule has 0 radical (unpaired) electrons. The van der Waals surface area contributed by atoms with E-state index in [9.17, 15) is 4.79 Å². The number of amides is 1. The molecule has 2 aromatic rings. The number of benzene rings is 1. The second-order valence-electron chi connectivity index (χ2n) is 4.57. The monoisotopic (exact) mass is 389 g/mol. The first-order valence-corrected chi connectivity index (χ1v) is 7.68. The molecular weight excluding hydrogens is 381 g/mol. The van der Waals surface area contributed by atoms with Gasteiger partial charge >= 0.3 is 0 Å². The van der Waals surface area contributed by atoms with Gasteiger partial charge in [-0.3, -0.25) is 4.79 Å². The van der Waals surface area contributed by atoms with E-state index in [0.717, 1.165) is 13.1 Å². The van der Waals surface area contributed by atoms with Gasteiger partial charge in [0.15, 0.2) is 5.69 Å². The number of anilines is 1. The van der Waals surface area contributed by atoms with Crippen LogP contribution in [0.1, 0.15) is 16.5 Å². The molecule has 0 aliphatic carbocycles. The van der Waals surface area contributed by atoms with E-state index >= 15 is 0 Å². The summed E-state index contributed by atoms with van der Waals surface area (Å²) in [5.41, 5.74) is 0.659. The molecule has 9 heteroatoms. The standard InChI is InChI=1S/C12H10BrCl2N5O/c13-7-1-2-8(11(15)10(7)14)17-12(21)9-5-20(19-18-9)6-3-16-4-6/h1-2,5-6,16H,3-4H2,(H,17,21). The van der Waals surface area contributed by atoms with Gasteiger partial charge in [0, 0.05) is 17.6 Å². The van der Waals surface area contributed by atoms with Crippen LogP contribution in [0.3, 0.4) is 0 Å². The maximum absolute atomic E-state index is 12.1. The molecule has 6 nitrogen and oxygen atoms in total. The largest absolute Gasteiger partial charge is 0.319 e. The Morgan fingerprint density at radius 3 is 2.81 bits per heavy atom. The Morgan fingerprint density at radius 2 is 2.14 bits per heavy atom. The number of carbonyl (C=O) groups is 1. The third-order valence-electron chi connectivity index (χ3n) is 3.16. The molecule has 0 atom stereocenters. The molecule has 1 aromatic heterocycles. The molecule has 0 bridgehead atoms. The average molecular weight is 391 g/mol. The molecule has 2 heterocycles. The molecule has 1 fully saturated rings. The van der Waals surface area contributed by atoms with Crippen LogP contribution in [0.4, 0.5) is 5.69 Å². The molecule has 3 rings (SSSR count). The second kappa shape index (κ2) is 5.92. The first-order chi connectivity index (χ1) is 10.1. The second-order valence-corrected chi connectivity index (χ2v) is 6.18. The molecule has 1 aromatic carbocycles. The zero-order chi connectivity index (χ0) is 15.0. The quantitative estimate of drug-likeness (QED) is 0.790. The summed E-state index contributed by atoms with van der Waals surface area (Å²) < 4.78 is 2.34. The lowest BCUT2D eigenvalue weighted by Crippen LogP contribution is -2.43. The third kappa shape index (κ3) is 2.91. The first-order valence-electron chi connectivity index (χ1n) is 6.13. The van der Waals surface area contributed by atoms with E-state index in [0.29, 0.717) is 15.2 Å². The lowest BCUT2D eigenvalue weighted by atomic mass is 10.2. The maximum Gasteiger partial charge on any atom is 0.277 e. The molecule has 110 valence electrons. The summed E-state index contributed by atoms with van der Waals surface area (Å²) in [4.78, 5) is 12.1. The molecule has 1 saturated heterocycles. The molecule has 0 spiro atoms. The van der Waals surface area contributed by atoms with Crippen molar-refractivity contribution in [3.05, 3.63) is 38.5 Å². The molecule has 0 saturated carbocycles. The predicted octanol–water partition coefficient (Wildman–Crippen LogP) is 2.74. The highest BCUT2D eigenvalue weighted by atomic mass is 79.9. The van der Waals surface area contributed by atoms with Crippen LogP contribution < -0.4 is 10.6 Å². The van der Waals surface area contributed by atoms with E-state index in [1.807, 2.05) is 0 Å². The highest BCUT2D eigenvalue weighted by molar-refractivity contribution is 9.10. The molecule has 1 aliphatic heterocycles. The summed E-state index contributed by atoms with van der Waals surface area (Å²) in [5, 5.41) is 14.3. The zero-order valence-electron chi connectivity index (χ0n) is 10.6. The maximum atomic E-state index is 12.1. The minimum absolute atomic E-state index is 0.233. The van der Waals surface area contributed by atoms with Crippen LogP contribution in [0.15, 0.2) is 22.8 Å². The SMILES string of the molecule is O=C(Nc1ccc(Br)c(Cl)c1Cl)c1cn(C2CNC2)nn1. The van der Waals surface area contributed by atoms with Crippen LogP contribution in [0.2, 0.25) is 10.0 Å². The summed E-state index contributed by atoms with van der Waals surface area (Å²) in [7, 11) is 0. The van der Waals surface area contributed by atoms with Gasteiger partial charge in [-0.1, -0.05) is 28.4 Å². The molecule has 21 heavy (non-hydrogen) atoms. The van der Waals surface area contributed by atoms with E-state index in [1.54, 1.807) is 23.0 Å². The summed E-state index contributed by atoms with van der Waals surface area (Å²) >= 11 is 15.4. The number of hydrogen-bond acceptors (Lipinski definition) is 4. The predicted molar refractivity (Wildman–Crippen MR) is 84.0 cm³/mol. The van der Waals surface area contributed by atoms with Crippen molar-refractivity contribution >= 4 is 50.7 Å². The van der Waals surface area contributed by atoms with E-state index < -0.39 is 0 Å². The Hall–Kier alpha value is -1.15. The van der Waals surface area contributed by atoms with Gasteiger partial charge in [0.05, 0.1) is 28.0 Å². The fourth-order valence-corrected chi connectivity index (χ4v) is 2.65. The van der Waals surface area contributed by atoms with Crippen LogP contribution >= 0.6 is 39.1 Å². The Balaban J connectivity index is 1.77. The van der Waals surface area contributed by atoms with Crippen LogP contribution in [-0.4, -0.2) is 34.0 Å². The zero-order valence-corrected chi connectivity index (χ0v) is 13.7. The van der Waals surface area contributed by atoms with Gasteiger partial charge in [-0.15, -0.1) is 5.10 Å². The summed E-state index contributed by atoms with van der Waals surface area (Å²) in [6, 6.07) is 3.63. The number of hydrogen-bond donors (Lipinski definition) is 2. The highest BCUT2D eigenvalue weighted by Gasteiger charge is 2.22. The first kappa shape index (κ1) is 14.8. The van der Waals surface area contributed by atoms with E-state index in [1.165, 1.54) is 0 Å². The lowest BCUT2D eigenvalue weighted by Gasteiger charge is -2.26. The highest BCUT2D eigenvalue weighted by Crippen LogP contribution is 2.35. The number of rotatable bonds is 3. The van der Waals surface area contributed by atoms with Crippen molar-refractivity contribution < 1.29 is 4.79 Å². The van der Waals surface area contributed by atoms with Gasteiger partial charge in [0.2, 0.25) is 0 Å². The molecule has 2 N–H and O–H groups in total. The van der Waals surface area contributed by atoms with Crippen molar-refractivity contribution in [2.24, 2.45) is 0 Å². The van der Waals surface area contributed by atoms with Crippen molar-refractivity contribution in [2.45, 2.75) is 6.04 Å². The minimum atomic E-state index is -0.381. The Bertz CT molecular complexity index is 701. The van der Waals surface area contributed by atoms with Crippen molar-refractivity contribution in [2.75, 3.05) is 18.4 Å². The van der Waals surface area contributed by atoms with Gasteiger partial charge in [-0.05, 0) is 28.1 Å². The van der Waals surface area contributed by atoms with Crippen LogP contribution in [0.5, 0.6) is 0 Å². The fourth-order valence-electron chi connectivity index (χ4n) is 1.83. The molecule has 1 aliphatic rings. The number of nitrogens with one attached hydrogen (secondary N) is 2. The molecule has 1 amide bonds. The third-order valence-corrected chi connectivity index (χ3v) is 4.93. The fraction of sp³-hybridized carbons (Fsp3) is 0.250. The van der Waals surface area contributed by atoms with Crippen molar-refractivity contribution in [3.63, 3.8) is 0 Å². The number of aromatic nitrogens is 3. The average Bonchev–Trinajstić information content (AvgIpc) is 2.87. The van der Waals surface area contributed by atoms with Crippen molar-refractivity contribution in [1.82, 2.24) is 20.3 Å². The topological polar surface area (TPSA) is 71.8 Å². The Labute approximate surface area is 138 Å². The summed E-state index contributed by atoms with van der Waals surface area (Å²) in [6.07, 6.45) is 1.62. The number of nitrogens with zero attached hydrogens (tertiary/aromatic N) is 3. The Kier molecular flexibility index (Phi) is 4.17. The van der Waals surface area contributed by atoms with Gasteiger partial charge < -0.3 is 10.6 Å². The van der Waals surface area contributed by atoms with Crippen LogP contribution in [-0.2, 0) is 0 Å². The van der Waals surface area contributed by atoms with E-state index in [-0.39, 0.29) is 22.7 Å². The molecule has 0 unspecified atom stereocenters. The van der Waals surface area contributed by atoms with Crippen LogP contribution in [0, 0.1) is 0 Å². The summed E-state index contributed by atoms with van der Waals surface area (Å²) in [5.74, 6) is -0.381. The van der Waals surface area contributed by atoms with E-state index in [2.05, 4.69) is 36.9 Å². The van der Waals surface area contributed by atoms with Gasteiger partial charge in [0.1, 0.15) is 0 Å². The molecular formula is C12H10BrCl2N5O. The van der Waals surface area contributed by atoms with E-state index in [4.69, 9.17) is 23.2 Å². The van der Waals surface area contributed by atoms with Gasteiger partial charge in [0.25, 0.3) is 5.91 Å². The van der Waals surface area contributed by atoms with Crippen molar-refractivity contribution in [1.29, 1.82) is 0 Å².